The fourth-order valence-corrected chi connectivity index (χ4v) is 3.34. The normalized spacial score (nSPS) is 16.3. The Labute approximate surface area is 164 Å². The van der Waals surface area contributed by atoms with E-state index in [0.29, 0.717) is 33.1 Å². The molecule has 0 bridgehead atoms. The highest BCUT2D eigenvalue weighted by atomic mass is 35.5. The summed E-state index contributed by atoms with van der Waals surface area (Å²) in [5.74, 6) is 0.767. The minimum absolute atomic E-state index is 0.121. The summed E-state index contributed by atoms with van der Waals surface area (Å²) in [5.41, 5.74) is 1.73. The molecule has 1 aromatic heterocycles. The minimum atomic E-state index is -0.658. The second kappa shape index (κ2) is 6.83. The van der Waals surface area contributed by atoms with Crippen LogP contribution in [0.1, 0.15) is 23.0 Å². The molecule has 0 amide bonds. The fourth-order valence-electron chi connectivity index (χ4n) is 2.91. The highest BCUT2D eigenvalue weighted by Crippen LogP contribution is 2.33. The van der Waals surface area contributed by atoms with E-state index in [9.17, 15) is 4.79 Å². The SMILES string of the molecule is O=C1C(c2ccc(Cl)cc2)=Nc2nnc(CCl)n2C1c1ccc(Cl)cc1. The lowest BCUT2D eigenvalue weighted by molar-refractivity contribution is -0.115. The Morgan fingerprint density at radius 2 is 1.54 bits per heavy atom. The van der Waals surface area contributed by atoms with Gasteiger partial charge in [0, 0.05) is 15.6 Å². The van der Waals surface area contributed by atoms with Crippen LogP contribution < -0.4 is 0 Å². The quantitative estimate of drug-likeness (QED) is 0.598. The number of carbonyl (C=O) groups is 1. The van der Waals surface area contributed by atoms with E-state index < -0.39 is 6.04 Å². The van der Waals surface area contributed by atoms with Crippen molar-refractivity contribution in [2.24, 2.45) is 4.99 Å². The average molecular weight is 406 g/mol. The summed E-state index contributed by atoms with van der Waals surface area (Å²) < 4.78 is 1.66. The van der Waals surface area contributed by atoms with Crippen molar-refractivity contribution in [1.82, 2.24) is 14.8 Å². The molecule has 0 N–H and O–H groups in total. The molecule has 0 aliphatic carbocycles. The number of carbonyl (C=O) groups excluding carboxylic acids is 1. The standard InChI is InChI=1S/C18H11Cl3N4O/c19-9-14-23-24-18-22-15(10-1-5-12(20)6-2-10)17(26)16(25(14)18)11-3-7-13(21)8-4-11/h1-8,16H,9H2. The maximum absolute atomic E-state index is 13.3. The molecule has 0 spiro atoms. The Hall–Kier alpha value is -2.21. The maximum Gasteiger partial charge on any atom is 0.252 e. The molecular weight excluding hydrogens is 395 g/mol. The van der Waals surface area contributed by atoms with Gasteiger partial charge in [-0.2, -0.15) is 0 Å². The van der Waals surface area contributed by atoms with Gasteiger partial charge in [0.15, 0.2) is 0 Å². The van der Waals surface area contributed by atoms with Crippen LogP contribution in [0.3, 0.4) is 0 Å². The largest absolute Gasteiger partial charge is 0.290 e. The first-order valence-electron chi connectivity index (χ1n) is 7.72. The molecule has 8 heteroatoms. The van der Waals surface area contributed by atoms with Gasteiger partial charge < -0.3 is 0 Å². The minimum Gasteiger partial charge on any atom is -0.290 e. The van der Waals surface area contributed by atoms with Crippen molar-refractivity contribution in [3.8, 4) is 0 Å². The second-order valence-corrected chi connectivity index (χ2v) is 6.85. The number of alkyl halides is 1. The lowest BCUT2D eigenvalue weighted by Crippen LogP contribution is -2.32. The summed E-state index contributed by atoms with van der Waals surface area (Å²) in [7, 11) is 0. The maximum atomic E-state index is 13.3. The summed E-state index contributed by atoms with van der Waals surface area (Å²) in [6.45, 7) is 0. The van der Waals surface area contributed by atoms with E-state index in [1.807, 2.05) is 0 Å². The number of rotatable bonds is 3. The molecule has 5 nitrogen and oxygen atoms in total. The number of aromatic nitrogens is 3. The van der Waals surface area contributed by atoms with Gasteiger partial charge in [-0.25, -0.2) is 4.99 Å². The van der Waals surface area contributed by atoms with Crippen LogP contribution in [0.15, 0.2) is 53.5 Å². The van der Waals surface area contributed by atoms with E-state index in [2.05, 4.69) is 15.2 Å². The third-order valence-corrected chi connectivity index (χ3v) is 4.87. The Morgan fingerprint density at radius 3 is 2.15 bits per heavy atom. The lowest BCUT2D eigenvalue weighted by Gasteiger charge is -2.24. The van der Waals surface area contributed by atoms with Crippen LogP contribution in [0.4, 0.5) is 5.95 Å². The van der Waals surface area contributed by atoms with Crippen LogP contribution in [-0.2, 0) is 10.7 Å². The van der Waals surface area contributed by atoms with E-state index in [-0.39, 0.29) is 11.7 Å². The topological polar surface area (TPSA) is 60.1 Å². The second-order valence-electron chi connectivity index (χ2n) is 5.71. The predicted octanol–water partition coefficient (Wildman–Crippen LogP) is 4.62. The molecule has 1 aliphatic heterocycles. The number of Topliss-reactive ketones (excluding diaryl/α,β-unsaturated/α-hetero) is 1. The van der Waals surface area contributed by atoms with Crippen LogP contribution >= 0.6 is 34.8 Å². The first kappa shape index (κ1) is 17.2. The smallest absolute Gasteiger partial charge is 0.252 e. The number of halogens is 3. The molecule has 2 heterocycles. The number of hydrogen-bond acceptors (Lipinski definition) is 4. The fraction of sp³-hybridized carbons (Fsp3) is 0.111. The van der Waals surface area contributed by atoms with Gasteiger partial charge in [0.25, 0.3) is 5.95 Å². The molecule has 1 unspecified atom stereocenters. The number of benzene rings is 2. The van der Waals surface area contributed by atoms with Crippen LogP contribution in [0.25, 0.3) is 0 Å². The van der Waals surface area contributed by atoms with Crippen molar-refractivity contribution in [3.05, 3.63) is 75.5 Å². The summed E-state index contributed by atoms with van der Waals surface area (Å²) >= 11 is 17.9. The molecule has 1 aliphatic rings. The Balaban J connectivity index is 1.90. The molecule has 3 aromatic rings. The molecule has 4 rings (SSSR count). The van der Waals surface area contributed by atoms with Crippen molar-refractivity contribution < 1.29 is 4.79 Å². The van der Waals surface area contributed by atoms with Crippen LogP contribution in [0, 0.1) is 0 Å². The summed E-state index contributed by atoms with van der Waals surface area (Å²) in [6, 6.07) is 13.4. The zero-order chi connectivity index (χ0) is 18.3. The molecule has 130 valence electrons. The van der Waals surface area contributed by atoms with Gasteiger partial charge in [-0.05, 0) is 29.8 Å². The van der Waals surface area contributed by atoms with Crippen molar-refractivity contribution in [3.63, 3.8) is 0 Å². The molecular formula is C18H11Cl3N4O. The summed E-state index contributed by atoms with van der Waals surface area (Å²) in [4.78, 5) is 17.7. The predicted molar refractivity (Wildman–Crippen MR) is 102 cm³/mol. The monoisotopic (exact) mass is 404 g/mol. The Kier molecular flexibility index (Phi) is 4.53. The van der Waals surface area contributed by atoms with Crippen molar-refractivity contribution >= 4 is 52.2 Å². The molecule has 0 saturated carbocycles. The van der Waals surface area contributed by atoms with E-state index in [4.69, 9.17) is 34.8 Å². The van der Waals surface area contributed by atoms with Crippen LogP contribution in [0.2, 0.25) is 10.0 Å². The number of nitrogens with zero attached hydrogens (tertiary/aromatic N) is 4. The van der Waals surface area contributed by atoms with Gasteiger partial charge in [-0.15, -0.1) is 21.8 Å². The van der Waals surface area contributed by atoms with E-state index in [1.54, 1.807) is 53.1 Å². The molecule has 0 saturated heterocycles. The zero-order valence-corrected chi connectivity index (χ0v) is 15.5. The van der Waals surface area contributed by atoms with Gasteiger partial charge >= 0.3 is 0 Å². The number of fused-ring (bicyclic) bond motifs is 1. The van der Waals surface area contributed by atoms with Crippen LogP contribution in [-0.4, -0.2) is 26.3 Å². The molecule has 2 aromatic carbocycles. The van der Waals surface area contributed by atoms with E-state index in [0.717, 1.165) is 5.56 Å². The number of hydrogen-bond donors (Lipinski definition) is 0. The van der Waals surface area contributed by atoms with Crippen molar-refractivity contribution in [2.45, 2.75) is 11.9 Å². The summed E-state index contributed by atoms with van der Waals surface area (Å²) in [6.07, 6.45) is 0. The lowest BCUT2D eigenvalue weighted by atomic mass is 9.94. The highest BCUT2D eigenvalue weighted by Gasteiger charge is 2.35. The van der Waals surface area contributed by atoms with Gasteiger partial charge in [0.05, 0.1) is 5.88 Å². The van der Waals surface area contributed by atoms with Crippen LogP contribution in [0.5, 0.6) is 0 Å². The van der Waals surface area contributed by atoms with Gasteiger partial charge in [0.2, 0.25) is 5.78 Å². The average Bonchev–Trinajstić information content (AvgIpc) is 3.06. The van der Waals surface area contributed by atoms with Crippen molar-refractivity contribution in [1.29, 1.82) is 0 Å². The molecule has 26 heavy (non-hydrogen) atoms. The van der Waals surface area contributed by atoms with Crippen molar-refractivity contribution in [2.75, 3.05) is 0 Å². The Morgan fingerprint density at radius 1 is 0.923 bits per heavy atom. The number of ketones is 1. The first-order chi connectivity index (χ1) is 12.6. The van der Waals surface area contributed by atoms with Gasteiger partial charge in [0.1, 0.15) is 17.6 Å². The third kappa shape index (κ3) is 2.92. The Bertz CT molecular complexity index is 1010. The van der Waals surface area contributed by atoms with E-state index in [1.165, 1.54) is 0 Å². The summed E-state index contributed by atoms with van der Waals surface area (Å²) in [5, 5.41) is 9.32. The molecule has 1 atom stereocenters. The van der Waals surface area contributed by atoms with Gasteiger partial charge in [-0.3, -0.25) is 9.36 Å². The third-order valence-electron chi connectivity index (χ3n) is 4.12. The van der Waals surface area contributed by atoms with E-state index >= 15 is 0 Å². The molecule has 0 radical (unpaired) electrons. The molecule has 0 fully saturated rings. The first-order valence-corrected chi connectivity index (χ1v) is 9.01. The number of aliphatic imine (C=N–C) groups is 1. The van der Waals surface area contributed by atoms with Gasteiger partial charge in [-0.1, -0.05) is 47.5 Å². The highest BCUT2D eigenvalue weighted by molar-refractivity contribution is 6.48. The zero-order valence-electron chi connectivity index (χ0n) is 13.2.